The fraction of sp³-hybridized carbons (Fsp3) is 0.200. The molecule has 0 rings (SSSR count). The first-order chi connectivity index (χ1) is 4.72. The Morgan fingerprint density at radius 3 is 2.20 bits per heavy atom. The van der Waals surface area contributed by atoms with Crippen molar-refractivity contribution in [3.63, 3.8) is 0 Å². The smallest absolute Gasteiger partial charge is 0.176 e. The van der Waals surface area contributed by atoms with E-state index in [0.717, 1.165) is 0 Å². The van der Waals surface area contributed by atoms with Crippen LogP contribution in [0.15, 0.2) is 9.98 Å². The van der Waals surface area contributed by atoms with Crippen LogP contribution < -0.4 is 0 Å². The van der Waals surface area contributed by atoms with Crippen molar-refractivity contribution < 1.29 is 0 Å². The van der Waals surface area contributed by atoms with Gasteiger partial charge in [0.1, 0.15) is 5.04 Å². The third-order valence-corrected chi connectivity index (χ3v) is 1.12. The molecule has 0 unspecified atom stereocenters. The van der Waals surface area contributed by atoms with Crippen LogP contribution in [-0.4, -0.2) is 10.8 Å². The van der Waals surface area contributed by atoms with E-state index in [1.165, 1.54) is 6.19 Å². The summed E-state index contributed by atoms with van der Waals surface area (Å²) >= 11 is 3.78. The molecule has 0 radical (unpaired) electrons. The standard InChI is InChI=1S/C5H4N4S/c1-4(8-2-6)5(10)9-3-7/h1H3,(H,9,10)/b8-4-. The summed E-state index contributed by atoms with van der Waals surface area (Å²) in [7, 11) is 0. The molecule has 0 aliphatic heterocycles. The van der Waals surface area contributed by atoms with Crippen LogP contribution in [0, 0.1) is 22.9 Å². The van der Waals surface area contributed by atoms with Gasteiger partial charge in [0.2, 0.25) is 12.4 Å². The third kappa shape index (κ3) is 2.85. The lowest BCUT2D eigenvalue weighted by atomic mass is 10.5. The van der Waals surface area contributed by atoms with Crippen LogP contribution in [0.2, 0.25) is 0 Å². The van der Waals surface area contributed by atoms with E-state index in [4.69, 9.17) is 10.5 Å². The van der Waals surface area contributed by atoms with Crippen LogP contribution in [0.1, 0.15) is 6.92 Å². The third-order valence-electron chi connectivity index (χ3n) is 0.697. The van der Waals surface area contributed by atoms with Crippen molar-refractivity contribution in [3.05, 3.63) is 0 Å². The minimum atomic E-state index is 0.170. The molecule has 0 aromatic carbocycles. The maximum atomic E-state index is 8.04. The van der Waals surface area contributed by atoms with E-state index < -0.39 is 0 Å². The molecule has 0 saturated heterocycles. The van der Waals surface area contributed by atoms with Crippen molar-refractivity contribution in [1.82, 2.24) is 0 Å². The lowest BCUT2D eigenvalue weighted by Crippen LogP contribution is -2.00. The Balaban J connectivity index is 4.43. The molecule has 0 aliphatic rings. The zero-order valence-corrected chi connectivity index (χ0v) is 6.13. The van der Waals surface area contributed by atoms with E-state index in [1.54, 1.807) is 13.1 Å². The van der Waals surface area contributed by atoms with Crippen molar-refractivity contribution in [3.8, 4) is 12.4 Å². The lowest BCUT2D eigenvalue weighted by Gasteiger charge is -1.87. The van der Waals surface area contributed by atoms with Gasteiger partial charge in [-0.25, -0.2) is 0 Å². The van der Waals surface area contributed by atoms with Crippen molar-refractivity contribution in [2.45, 2.75) is 6.92 Å². The molecule has 0 aliphatic carbocycles. The number of hydrogen-bond acceptors (Lipinski definition) is 4. The molecule has 0 saturated carbocycles. The fourth-order valence-corrected chi connectivity index (χ4v) is 0.348. The first-order valence-electron chi connectivity index (χ1n) is 2.32. The molecule has 5 heteroatoms. The number of hydrogen-bond donors (Lipinski definition) is 1. The molecule has 0 aromatic rings. The highest BCUT2D eigenvalue weighted by molar-refractivity contribution is 7.99. The van der Waals surface area contributed by atoms with Crippen molar-refractivity contribution in [2.24, 2.45) is 9.98 Å². The fourth-order valence-electron chi connectivity index (χ4n) is 0.253. The zero-order chi connectivity index (χ0) is 7.98. The summed E-state index contributed by atoms with van der Waals surface area (Å²) in [4.78, 5) is 6.55. The van der Waals surface area contributed by atoms with Gasteiger partial charge < -0.3 is 0 Å². The quantitative estimate of drug-likeness (QED) is 0.260. The predicted molar refractivity (Wildman–Crippen MR) is 40.8 cm³/mol. The minimum absolute atomic E-state index is 0.170. The summed E-state index contributed by atoms with van der Waals surface area (Å²) in [5.41, 5.74) is 0.340. The summed E-state index contributed by atoms with van der Waals surface area (Å²) in [6.07, 6.45) is 3.08. The summed E-state index contributed by atoms with van der Waals surface area (Å²) in [5.74, 6) is 0. The number of nitriles is 2. The van der Waals surface area contributed by atoms with E-state index in [0.29, 0.717) is 5.71 Å². The molecule has 50 valence electrons. The number of aliphatic imine (C=N–C) groups is 2. The Bertz CT molecular complexity index is 224. The van der Waals surface area contributed by atoms with Crippen LogP contribution in [0.3, 0.4) is 0 Å². The first-order valence-corrected chi connectivity index (χ1v) is 2.76. The highest BCUT2D eigenvalue weighted by Crippen LogP contribution is 1.88. The second-order valence-electron chi connectivity index (χ2n) is 1.33. The number of rotatable bonds is 1. The summed E-state index contributed by atoms with van der Waals surface area (Å²) in [6, 6.07) is 0. The zero-order valence-electron chi connectivity index (χ0n) is 5.24. The van der Waals surface area contributed by atoms with Crippen molar-refractivity contribution >= 4 is 23.4 Å². The molecule has 0 spiro atoms. The van der Waals surface area contributed by atoms with E-state index in [9.17, 15) is 0 Å². The highest BCUT2D eigenvalue weighted by Gasteiger charge is 1.95. The van der Waals surface area contributed by atoms with Gasteiger partial charge in [-0.1, -0.05) is 0 Å². The summed E-state index contributed by atoms with van der Waals surface area (Å²) in [5, 5.41) is 16.2. The van der Waals surface area contributed by atoms with Gasteiger partial charge in [0.25, 0.3) is 0 Å². The van der Waals surface area contributed by atoms with Crippen molar-refractivity contribution in [2.75, 3.05) is 0 Å². The highest BCUT2D eigenvalue weighted by atomic mass is 32.1. The molecule has 0 fully saturated rings. The van der Waals surface area contributed by atoms with Crippen LogP contribution in [-0.2, 0) is 0 Å². The SMILES string of the molecule is CC(=N/C#N)/C(S)=N\C#N. The van der Waals surface area contributed by atoms with E-state index in [1.807, 2.05) is 0 Å². The molecular formula is C5H4N4S. The second kappa shape index (κ2) is 4.54. The van der Waals surface area contributed by atoms with Gasteiger partial charge in [-0.15, -0.1) is 12.6 Å². The lowest BCUT2D eigenvalue weighted by molar-refractivity contribution is 1.43. The second-order valence-corrected chi connectivity index (χ2v) is 1.76. The first kappa shape index (κ1) is 8.67. The Labute approximate surface area is 63.9 Å². The maximum absolute atomic E-state index is 8.04. The normalized spacial score (nSPS) is 12.0. The molecule has 4 nitrogen and oxygen atoms in total. The van der Waals surface area contributed by atoms with Gasteiger partial charge in [0, 0.05) is 0 Å². The van der Waals surface area contributed by atoms with E-state index >= 15 is 0 Å². The topological polar surface area (TPSA) is 72.3 Å². The average Bonchev–Trinajstić information content (AvgIpc) is 1.89. The number of nitrogens with zero attached hydrogens (tertiary/aromatic N) is 4. The Kier molecular flexibility index (Phi) is 3.94. The summed E-state index contributed by atoms with van der Waals surface area (Å²) < 4.78 is 0. The molecule has 0 N–H and O–H groups in total. The van der Waals surface area contributed by atoms with Crippen LogP contribution in [0.4, 0.5) is 0 Å². The minimum Gasteiger partial charge on any atom is -0.176 e. The molecule has 0 amide bonds. The predicted octanol–water partition coefficient (Wildman–Crippen LogP) is 0.738. The number of thiol groups is 1. The van der Waals surface area contributed by atoms with Gasteiger partial charge in [-0.3, -0.25) is 0 Å². The van der Waals surface area contributed by atoms with Crippen LogP contribution >= 0.6 is 12.6 Å². The van der Waals surface area contributed by atoms with Gasteiger partial charge in [-0.2, -0.15) is 20.5 Å². The van der Waals surface area contributed by atoms with Gasteiger partial charge >= 0.3 is 0 Å². The van der Waals surface area contributed by atoms with Gasteiger partial charge in [0.05, 0.1) is 5.71 Å². The van der Waals surface area contributed by atoms with Crippen molar-refractivity contribution in [1.29, 1.82) is 10.5 Å². The van der Waals surface area contributed by atoms with Gasteiger partial charge in [0.15, 0.2) is 0 Å². The van der Waals surface area contributed by atoms with Crippen LogP contribution in [0.5, 0.6) is 0 Å². The molecule has 0 aromatic heterocycles. The van der Waals surface area contributed by atoms with Crippen LogP contribution in [0.25, 0.3) is 0 Å². The maximum Gasteiger partial charge on any atom is 0.206 e. The van der Waals surface area contributed by atoms with E-state index in [2.05, 4.69) is 22.6 Å². The van der Waals surface area contributed by atoms with E-state index in [-0.39, 0.29) is 5.04 Å². The van der Waals surface area contributed by atoms with Gasteiger partial charge in [-0.05, 0) is 6.92 Å². The molecule has 0 heterocycles. The Morgan fingerprint density at radius 2 is 1.80 bits per heavy atom. The molecule has 0 atom stereocenters. The molecular weight excluding hydrogens is 148 g/mol. The summed E-state index contributed by atoms with van der Waals surface area (Å²) in [6.45, 7) is 1.55. The Morgan fingerprint density at radius 1 is 1.30 bits per heavy atom. The monoisotopic (exact) mass is 152 g/mol. The molecule has 0 bridgehead atoms. The average molecular weight is 152 g/mol. The Hall–Kier alpha value is -1.33. The molecule has 10 heavy (non-hydrogen) atoms. The largest absolute Gasteiger partial charge is 0.206 e.